The Morgan fingerprint density at radius 2 is 2.03 bits per heavy atom. The largest absolute Gasteiger partial charge is 0.543 e. The number of thioether (sulfide) groups is 4. The van der Waals surface area contributed by atoms with E-state index in [0.717, 1.165) is 4.90 Å². The molecule has 3 heterocycles. The number of amides is 2. The minimum Gasteiger partial charge on any atom is -0.543 e. The highest BCUT2D eigenvalue weighted by Gasteiger charge is 2.52. The van der Waals surface area contributed by atoms with Gasteiger partial charge < -0.3 is 26.7 Å². The molecule has 1 saturated heterocycles. The summed E-state index contributed by atoms with van der Waals surface area (Å²) >= 11 is 17.1. The molecule has 17 heteroatoms. The number of nitrogens with two attached hydrogens (primary N) is 3. The summed E-state index contributed by atoms with van der Waals surface area (Å²) in [7, 11) is 0. The summed E-state index contributed by atoms with van der Waals surface area (Å²) in [6, 6.07) is 4.07. The topological polar surface area (TPSA) is 184 Å². The number of aromatic nitrogens is 2. The summed E-state index contributed by atoms with van der Waals surface area (Å²) in [5.74, 6) is 4.42. The van der Waals surface area contributed by atoms with Crippen molar-refractivity contribution in [3.63, 3.8) is 0 Å². The van der Waals surface area contributed by atoms with Crippen LogP contribution in [0.4, 0.5) is 11.6 Å². The van der Waals surface area contributed by atoms with E-state index in [1.165, 1.54) is 51.7 Å². The molecule has 0 bridgehead atoms. The summed E-state index contributed by atoms with van der Waals surface area (Å²) in [4.78, 5) is 43.8. The van der Waals surface area contributed by atoms with Crippen molar-refractivity contribution in [3.8, 4) is 0 Å². The monoisotopic (exact) mass is 633 g/mol. The first-order valence-corrected chi connectivity index (χ1v) is 15.5. The van der Waals surface area contributed by atoms with E-state index in [2.05, 4.69) is 10.3 Å². The fourth-order valence-electron chi connectivity index (χ4n) is 3.55. The molecule has 2 aliphatic heterocycles. The van der Waals surface area contributed by atoms with Crippen molar-refractivity contribution in [3.05, 3.63) is 44.4 Å². The van der Waals surface area contributed by atoms with E-state index in [9.17, 15) is 19.5 Å². The Balaban J connectivity index is 1.38. The maximum Gasteiger partial charge on any atom is 0.323 e. The van der Waals surface area contributed by atoms with Crippen LogP contribution in [0.25, 0.3) is 0 Å². The molecule has 0 spiro atoms. The second-order valence-corrected chi connectivity index (χ2v) is 13.3. The Morgan fingerprint density at radius 3 is 2.74 bits per heavy atom. The van der Waals surface area contributed by atoms with Crippen LogP contribution in [0.2, 0.25) is 10.0 Å². The van der Waals surface area contributed by atoms with Crippen LogP contribution in [0.3, 0.4) is 0 Å². The van der Waals surface area contributed by atoms with Gasteiger partial charge in [0.15, 0.2) is 0 Å². The van der Waals surface area contributed by atoms with Crippen LogP contribution in [-0.2, 0) is 14.4 Å². The van der Waals surface area contributed by atoms with Gasteiger partial charge in [0.05, 0.1) is 33.1 Å². The van der Waals surface area contributed by atoms with Crippen molar-refractivity contribution in [1.82, 2.24) is 15.2 Å². The first kappa shape index (κ1) is 28.8. The lowest BCUT2D eigenvalue weighted by Crippen LogP contribution is -2.71. The number of carbonyl (C=O) groups is 3. The summed E-state index contributed by atoms with van der Waals surface area (Å²) in [6.45, 7) is 1.70. The summed E-state index contributed by atoms with van der Waals surface area (Å²) < 4.78 is 1.21. The number of halogens is 2. The number of nitrogens with one attached hydrogen (secondary N) is 1. The van der Waals surface area contributed by atoms with E-state index in [-0.39, 0.29) is 29.0 Å². The molecule has 2 aliphatic rings. The lowest BCUT2D eigenvalue weighted by Gasteiger charge is -2.50. The molecule has 1 aromatic heterocycles. The Hall–Kier alpha value is -2.17. The van der Waals surface area contributed by atoms with Crippen LogP contribution in [0.15, 0.2) is 38.9 Å². The highest BCUT2D eigenvalue weighted by atomic mass is 35.5. The Kier molecular flexibility index (Phi) is 9.04. The second-order valence-electron chi connectivity index (χ2n) is 7.94. The molecule has 7 N–H and O–H groups in total. The van der Waals surface area contributed by atoms with Gasteiger partial charge >= 0.3 is 5.16 Å². The first-order chi connectivity index (χ1) is 18.0. The van der Waals surface area contributed by atoms with Crippen molar-refractivity contribution in [2.45, 2.75) is 28.4 Å². The van der Waals surface area contributed by atoms with E-state index in [4.69, 9.17) is 40.5 Å². The molecule has 2 amide bonds. The second kappa shape index (κ2) is 11.9. The summed E-state index contributed by atoms with van der Waals surface area (Å²) in [5, 5.41) is 15.7. The van der Waals surface area contributed by atoms with Crippen molar-refractivity contribution >= 4 is 99.7 Å². The first-order valence-electron chi connectivity index (χ1n) is 10.7. The summed E-state index contributed by atoms with van der Waals surface area (Å²) in [6.07, 6.45) is 0. The molecule has 4 rings (SSSR count). The van der Waals surface area contributed by atoms with Gasteiger partial charge in [-0.2, -0.15) is 0 Å². The van der Waals surface area contributed by atoms with Crippen molar-refractivity contribution in [1.29, 1.82) is 0 Å². The zero-order valence-corrected chi connectivity index (χ0v) is 24.4. The van der Waals surface area contributed by atoms with Gasteiger partial charge in [0.1, 0.15) is 11.4 Å². The highest BCUT2D eigenvalue weighted by Crippen LogP contribution is 2.44. The molecule has 2 unspecified atom stereocenters. The lowest BCUT2D eigenvalue weighted by molar-refractivity contribution is -0.667. The minimum absolute atomic E-state index is 0.00591. The summed E-state index contributed by atoms with van der Waals surface area (Å²) in [5.41, 5.74) is 12.2. The number of hydrogen-bond acceptors (Lipinski definition) is 12. The standard InChI is InChI=1S/C21H21Cl2N7O4S4/c1-8-16(24)28-21(30(26)17(8)25)38-7-37-12-5-36-19-14(18(32)29(19)15(12)20(33)34)27-13(31)6-35-11-4-9(22)2-3-10(11)23/h2-4,14,19H,5-7,26H2,1H3,(H5,24,25,27,31,33,34). The molecule has 0 saturated carbocycles. The van der Waals surface area contributed by atoms with Gasteiger partial charge in [-0.25, -0.2) is 0 Å². The van der Waals surface area contributed by atoms with Crippen LogP contribution in [0.5, 0.6) is 0 Å². The van der Waals surface area contributed by atoms with Crippen LogP contribution in [0.1, 0.15) is 5.56 Å². The van der Waals surface area contributed by atoms with E-state index in [1.807, 2.05) is 0 Å². The molecule has 1 aromatic carbocycles. The van der Waals surface area contributed by atoms with Crippen LogP contribution in [0, 0.1) is 6.92 Å². The number of carboxylic acids is 1. The van der Waals surface area contributed by atoms with E-state index in [1.54, 1.807) is 25.1 Å². The zero-order chi connectivity index (χ0) is 27.7. The molecule has 11 nitrogen and oxygen atoms in total. The van der Waals surface area contributed by atoms with Crippen molar-refractivity contribution in [2.75, 3.05) is 33.9 Å². The fraction of sp³-hybridized carbons (Fsp3) is 0.286. The fourth-order valence-corrected chi connectivity index (χ4v) is 8.53. The Labute approximate surface area is 244 Å². The minimum atomic E-state index is -1.47. The number of hydrogen-bond donors (Lipinski definition) is 4. The van der Waals surface area contributed by atoms with E-state index >= 15 is 0 Å². The SMILES string of the molecule is Cc1c(N)nc(SCSC2=C(C(=O)[O-])N3C(=O)C(NC(=O)CSc4cc(Cl)ccc4Cl)C3SC2)[n+](N)c1N. The van der Waals surface area contributed by atoms with Crippen molar-refractivity contribution < 1.29 is 24.2 Å². The van der Waals surface area contributed by atoms with Gasteiger partial charge in [-0.1, -0.05) is 28.2 Å². The van der Waals surface area contributed by atoms with E-state index in [0.29, 0.717) is 41.4 Å². The van der Waals surface area contributed by atoms with Gasteiger partial charge in [0.2, 0.25) is 17.5 Å². The van der Waals surface area contributed by atoms with Crippen LogP contribution >= 0.6 is 70.2 Å². The molecule has 2 aromatic rings. The van der Waals surface area contributed by atoms with Gasteiger partial charge in [-0.3, -0.25) is 20.3 Å². The van der Waals surface area contributed by atoms with Gasteiger partial charge in [0.25, 0.3) is 5.91 Å². The number of aliphatic carboxylic acids is 1. The van der Waals surface area contributed by atoms with Crippen molar-refractivity contribution in [2.24, 2.45) is 0 Å². The zero-order valence-electron chi connectivity index (χ0n) is 19.6. The maximum absolute atomic E-state index is 12.9. The number of β-lactam (4-membered cyclic amide) rings is 1. The number of rotatable bonds is 9. The van der Waals surface area contributed by atoms with Crippen LogP contribution in [-0.4, -0.2) is 55.7 Å². The maximum atomic E-state index is 12.9. The number of benzene rings is 1. The van der Waals surface area contributed by atoms with Gasteiger partial charge in [-0.15, -0.1) is 40.0 Å². The predicted octanol–water partition coefficient (Wildman–Crippen LogP) is 0.799. The van der Waals surface area contributed by atoms with Gasteiger partial charge in [0, 0.05) is 20.6 Å². The third kappa shape index (κ3) is 5.87. The Bertz CT molecular complexity index is 1360. The third-order valence-electron chi connectivity index (χ3n) is 5.57. The number of fused-ring (bicyclic) bond motifs is 1. The highest BCUT2D eigenvalue weighted by molar-refractivity contribution is 8.18. The number of nitrogens with zero attached hydrogens (tertiary/aromatic N) is 3. The quantitative estimate of drug-likeness (QED) is 0.0761. The number of anilines is 2. The molecule has 0 aliphatic carbocycles. The van der Waals surface area contributed by atoms with Gasteiger partial charge in [-0.05, 0) is 36.9 Å². The average molecular weight is 635 g/mol. The molecular weight excluding hydrogens is 613 g/mol. The number of carboxylic acid groups (broad SMARTS) is 1. The molecule has 202 valence electrons. The normalized spacial score (nSPS) is 18.7. The molecule has 38 heavy (non-hydrogen) atoms. The molecular formula is C21H21Cl2N7O4S4. The Morgan fingerprint density at radius 1 is 1.29 bits per heavy atom. The van der Waals surface area contributed by atoms with E-state index < -0.39 is 23.3 Å². The number of nitrogen functional groups attached to an aromatic ring is 3. The molecule has 1 fully saturated rings. The smallest absolute Gasteiger partial charge is 0.323 e. The molecule has 0 radical (unpaired) electrons. The lowest BCUT2D eigenvalue weighted by atomic mass is 10.1. The average Bonchev–Trinajstić information content (AvgIpc) is 2.88. The third-order valence-corrected chi connectivity index (χ3v) is 10.9. The number of carbonyl (C=O) groups excluding carboxylic acids is 3. The van der Waals surface area contributed by atoms with Crippen LogP contribution < -0.4 is 32.4 Å². The predicted molar refractivity (Wildman–Crippen MR) is 151 cm³/mol. The molecule has 2 atom stereocenters.